The van der Waals surface area contributed by atoms with E-state index in [9.17, 15) is 13.2 Å². The Morgan fingerprint density at radius 3 is 2.61 bits per heavy atom. The normalized spacial score (nSPS) is 14.9. The highest BCUT2D eigenvalue weighted by Crippen LogP contribution is 2.25. The van der Waals surface area contributed by atoms with Crippen molar-refractivity contribution >= 4 is 37.5 Å². The van der Waals surface area contributed by atoms with Gasteiger partial charge in [0, 0.05) is 23.8 Å². The van der Waals surface area contributed by atoms with Crippen molar-refractivity contribution < 1.29 is 13.2 Å². The number of likely N-dealkylation sites (tertiary alicyclic amines) is 1. The minimum atomic E-state index is -3.75. The maximum Gasteiger partial charge on any atom is 0.270 e. The molecule has 8 heteroatoms. The maximum absolute atomic E-state index is 12.4. The SMILES string of the molecule is O=C(c1cc(S(=O)(=O)Nc2ccccc2Br)c[nH]1)N1CCCC1. The number of rotatable bonds is 4. The number of hydrogen-bond donors (Lipinski definition) is 2. The summed E-state index contributed by atoms with van der Waals surface area (Å²) < 4.78 is 28.0. The number of carbonyl (C=O) groups is 1. The molecule has 0 unspecified atom stereocenters. The highest BCUT2D eigenvalue weighted by Gasteiger charge is 2.24. The first-order valence-corrected chi connectivity index (χ1v) is 9.50. The molecule has 0 radical (unpaired) electrons. The molecule has 0 saturated carbocycles. The van der Waals surface area contributed by atoms with Crippen LogP contribution < -0.4 is 4.72 Å². The molecular weight excluding hydrogens is 382 g/mol. The number of benzene rings is 1. The average molecular weight is 398 g/mol. The van der Waals surface area contributed by atoms with E-state index in [0.29, 0.717) is 15.9 Å². The average Bonchev–Trinajstić information content (AvgIpc) is 3.20. The molecule has 2 heterocycles. The van der Waals surface area contributed by atoms with E-state index in [1.807, 2.05) is 0 Å². The van der Waals surface area contributed by atoms with Gasteiger partial charge in [0.25, 0.3) is 15.9 Å². The van der Waals surface area contributed by atoms with Gasteiger partial charge in [-0.25, -0.2) is 8.42 Å². The second-order valence-electron chi connectivity index (χ2n) is 5.33. The van der Waals surface area contributed by atoms with E-state index >= 15 is 0 Å². The Morgan fingerprint density at radius 1 is 1.22 bits per heavy atom. The second kappa shape index (κ2) is 6.37. The maximum atomic E-state index is 12.4. The number of hydrogen-bond acceptors (Lipinski definition) is 3. The monoisotopic (exact) mass is 397 g/mol. The van der Waals surface area contributed by atoms with Gasteiger partial charge in [-0.05, 0) is 47.0 Å². The number of nitrogens with zero attached hydrogens (tertiary/aromatic N) is 1. The Bertz CT molecular complexity index is 826. The van der Waals surface area contributed by atoms with E-state index in [4.69, 9.17) is 0 Å². The lowest BCUT2D eigenvalue weighted by atomic mass is 10.3. The standard InChI is InChI=1S/C15H16BrN3O3S/c16-12-5-1-2-6-13(12)18-23(21,22)11-9-14(17-10-11)15(20)19-7-3-4-8-19/h1-2,5-6,9-10,17-18H,3-4,7-8H2. The summed E-state index contributed by atoms with van der Waals surface area (Å²) >= 11 is 3.30. The van der Waals surface area contributed by atoms with Crippen LogP contribution in [-0.4, -0.2) is 37.3 Å². The first kappa shape index (κ1) is 16.1. The van der Waals surface area contributed by atoms with Gasteiger partial charge in [-0.1, -0.05) is 12.1 Å². The van der Waals surface area contributed by atoms with Gasteiger partial charge < -0.3 is 9.88 Å². The summed E-state index contributed by atoms with van der Waals surface area (Å²) in [6.45, 7) is 1.43. The minimum absolute atomic E-state index is 0.0378. The predicted octanol–water partition coefficient (Wildman–Crippen LogP) is 2.81. The molecule has 1 fully saturated rings. The van der Waals surface area contributed by atoms with Crippen LogP contribution in [0.4, 0.5) is 5.69 Å². The smallest absolute Gasteiger partial charge is 0.270 e. The Hall–Kier alpha value is -1.80. The van der Waals surface area contributed by atoms with E-state index in [-0.39, 0.29) is 10.8 Å². The number of anilines is 1. The molecule has 1 aromatic heterocycles. The summed E-state index contributed by atoms with van der Waals surface area (Å²) in [4.78, 5) is 16.8. The van der Waals surface area contributed by atoms with Crippen LogP contribution in [0.25, 0.3) is 0 Å². The van der Waals surface area contributed by atoms with Crippen molar-refractivity contribution in [2.45, 2.75) is 17.7 Å². The number of carbonyl (C=O) groups excluding carboxylic acids is 1. The molecule has 23 heavy (non-hydrogen) atoms. The summed E-state index contributed by atoms with van der Waals surface area (Å²) in [7, 11) is -3.75. The lowest BCUT2D eigenvalue weighted by Crippen LogP contribution is -2.27. The van der Waals surface area contributed by atoms with Crippen LogP contribution in [0.15, 0.2) is 45.9 Å². The number of nitrogens with one attached hydrogen (secondary N) is 2. The fourth-order valence-corrected chi connectivity index (χ4v) is 4.08. The van der Waals surface area contributed by atoms with Gasteiger partial charge in [-0.2, -0.15) is 0 Å². The van der Waals surface area contributed by atoms with Crippen molar-refractivity contribution in [2.75, 3.05) is 17.8 Å². The van der Waals surface area contributed by atoms with Crippen LogP contribution in [0.1, 0.15) is 23.3 Å². The second-order valence-corrected chi connectivity index (χ2v) is 7.87. The van der Waals surface area contributed by atoms with Crippen molar-refractivity contribution in [1.29, 1.82) is 0 Å². The zero-order chi connectivity index (χ0) is 16.4. The number of sulfonamides is 1. The topological polar surface area (TPSA) is 82.3 Å². The fraction of sp³-hybridized carbons (Fsp3) is 0.267. The molecule has 1 amide bonds. The zero-order valence-corrected chi connectivity index (χ0v) is 14.7. The Morgan fingerprint density at radius 2 is 1.91 bits per heavy atom. The quantitative estimate of drug-likeness (QED) is 0.831. The van der Waals surface area contributed by atoms with Gasteiger partial charge in [-0.15, -0.1) is 0 Å². The van der Waals surface area contributed by atoms with Gasteiger partial charge >= 0.3 is 0 Å². The molecule has 122 valence electrons. The third kappa shape index (κ3) is 3.42. The van der Waals surface area contributed by atoms with Crippen molar-refractivity contribution in [3.05, 3.63) is 46.7 Å². The number of H-pyrrole nitrogens is 1. The van der Waals surface area contributed by atoms with E-state index in [2.05, 4.69) is 25.6 Å². The third-order valence-corrected chi connectivity index (χ3v) is 5.75. The third-order valence-electron chi connectivity index (χ3n) is 3.71. The van der Waals surface area contributed by atoms with E-state index < -0.39 is 10.0 Å². The first-order chi connectivity index (χ1) is 11.0. The molecular formula is C15H16BrN3O3S. The molecule has 0 bridgehead atoms. The van der Waals surface area contributed by atoms with Gasteiger partial charge in [-0.3, -0.25) is 9.52 Å². The zero-order valence-electron chi connectivity index (χ0n) is 12.3. The van der Waals surface area contributed by atoms with Gasteiger partial charge in [0.1, 0.15) is 10.6 Å². The summed E-state index contributed by atoms with van der Waals surface area (Å²) in [5.74, 6) is -0.162. The van der Waals surface area contributed by atoms with Crippen LogP contribution in [-0.2, 0) is 10.0 Å². The number of amides is 1. The lowest BCUT2D eigenvalue weighted by molar-refractivity contribution is 0.0787. The van der Waals surface area contributed by atoms with Crippen LogP contribution in [0.3, 0.4) is 0 Å². The van der Waals surface area contributed by atoms with Crippen molar-refractivity contribution in [2.24, 2.45) is 0 Å². The van der Waals surface area contributed by atoms with Crippen molar-refractivity contribution in [1.82, 2.24) is 9.88 Å². The van der Waals surface area contributed by atoms with Crippen LogP contribution >= 0.6 is 15.9 Å². The van der Waals surface area contributed by atoms with E-state index in [0.717, 1.165) is 25.9 Å². The molecule has 2 aromatic rings. The number of halogens is 1. The summed E-state index contributed by atoms with van der Waals surface area (Å²) in [6.07, 6.45) is 3.31. The minimum Gasteiger partial charge on any atom is -0.356 e. The van der Waals surface area contributed by atoms with Crippen molar-refractivity contribution in [3.8, 4) is 0 Å². The Kier molecular flexibility index (Phi) is 4.45. The van der Waals surface area contributed by atoms with Crippen LogP contribution in [0, 0.1) is 0 Å². The highest BCUT2D eigenvalue weighted by molar-refractivity contribution is 9.10. The fourth-order valence-electron chi connectivity index (χ4n) is 2.49. The largest absolute Gasteiger partial charge is 0.356 e. The number of aromatic nitrogens is 1. The number of para-hydroxylation sites is 1. The molecule has 3 rings (SSSR count). The summed E-state index contributed by atoms with van der Waals surface area (Å²) in [5, 5.41) is 0. The van der Waals surface area contributed by atoms with Crippen molar-refractivity contribution in [3.63, 3.8) is 0 Å². The molecule has 0 aliphatic carbocycles. The molecule has 0 atom stereocenters. The van der Waals surface area contributed by atoms with Gasteiger partial charge in [0.05, 0.1) is 5.69 Å². The lowest BCUT2D eigenvalue weighted by Gasteiger charge is -2.13. The molecule has 2 N–H and O–H groups in total. The molecule has 1 aliphatic rings. The predicted molar refractivity (Wildman–Crippen MR) is 90.9 cm³/mol. The first-order valence-electron chi connectivity index (χ1n) is 7.22. The van der Waals surface area contributed by atoms with E-state index in [1.165, 1.54) is 12.3 Å². The summed E-state index contributed by atoms with van der Waals surface area (Å²) in [6, 6.07) is 8.31. The molecule has 0 spiro atoms. The molecule has 6 nitrogen and oxygen atoms in total. The van der Waals surface area contributed by atoms with Gasteiger partial charge in [0.2, 0.25) is 0 Å². The Balaban J connectivity index is 1.81. The van der Waals surface area contributed by atoms with Crippen LogP contribution in [0.5, 0.6) is 0 Å². The highest BCUT2D eigenvalue weighted by atomic mass is 79.9. The van der Waals surface area contributed by atoms with Gasteiger partial charge in [0.15, 0.2) is 0 Å². The van der Waals surface area contributed by atoms with Crippen LogP contribution in [0.2, 0.25) is 0 Å². The molecule has 1 aromatic carbocycles. The molecule has 1 aliphatic heterocycles. The number of aromatic amines is 1. The summed E-state index contributed by atoms with van der Waals surface area (Å²) in [5.41, 5.74) is 0.737. The van der Waals surface area contributed by atoms with E-state index in [1.54, 1.807) is 29.2 Å². The Labute approximate surface area is 143 Å². The molecule has 1 saturated heterocycles.